The number of hydrogen-bond donors (Lipinski definition) is 0. The SMILES string of the molecule is COc1ccccc1CN(Cc1cc(F)ccc1[N+](=O)[O-])C(=O)/C=C/c1ccc(C#N)cc1. The minimum absolute atomic E-state index is 0.0787. The van der Waals surface area contributed by atoms with Crippen LogP contribution in [0.5, 0.6) is 5.75 Å². The molecule has 166 valence electrons. The fourth-order valence-corrected chi connectivity index (χ4v) is 3.26. The molecule has 0 aliphatic heterocycles. The molecule has 33 heavy (non-hydrogen) atoms. The van der Waals surface area contributed by atoms with Crippen LogP contribution in [0, 0.1) is 27.3 Å². The number of halogens is 1. The van der Waals surface area contributed by atoms with Crippen molar-refractivity contribution in [3.8, 4) is 11.8 Å². The van der Waals surface area contributed by atoms with Crippen LogP contribution in [0.3, 0.4) is 0 Å². The van der Waals surface area contributed by atoms with E-state index < -0.39 is 16.6 Å². The average molecular weight is 445 g/mol. The van der Waals surface area contributed by atoms with Gasteiger partial charge in [-0.2, -0.15) is 5.26 Å². The lowest BCUT2D eigenvalue weighted by Crippen LogP contribution is -2.29. The molecule has 0 bridgehead atoms. The van der Waals surface area contributed by atoms with Crippen LogP contribution in [-0.4, -0.2) is 22.8 Å². The summed E-state index contributed by atoms with van der Waals surface area (Å²) >= 11 is 0. The van der Waals surface area contributed by atoms with Gasteiger partial charge in [0, 0.05) is 24.3 Å². The van der Waals surface area contributed by atoms with Gasteiger partial charge in [0.25, 0.3) is 5.69 Å². The van der Waals surface area contributed by atoms with E-state index in [1.807, 2.05) is 6.07 Å². The Morgan fingerprint density at radius 1 is 1.12 bits per heavy atom. The van der Waals surface area contributed by atoms with Crippen LogP contribution in [0.25, 0.3) is 6.08 Å². The Balaban J connectivity index is 1.93. The molecule has 1 amide bonds. The van der Waals surface area contributed by atoms with E-state index in [2.05, 4.69) is 0 Å². The van der Waals surface area contributed by atoms with Crippen LogP contribution in [0.1, 0.15) is 22.3 Å². The third kappa shape index (κ3) is 6.02. The van der Waals surface area contributed by atoms with Crippen molar-refractivity contribution < 1.29 is 18.8 Å². The van der Waals surface area contributed by atoms with Crippen molar-refractivity contribution >= 4 is 17.7 Å². The van der Waals surface area contributed by atoms with Crippen molar-refractivity contribution in [2.24, 2.45) is 0 Å². The first-order valence-corrected chi connectivity index (χ1v) is 9.93. The molecule has 7 nitrogen and oxygen atoms in total. The maximum atomic E-state index is 13.9. The fourth-order valence-electron chi connectivity index (χ4n) is 3.26. The lowest BCUT2D eigenvalue weighted by Gasteiger charge is -2.22. The summed E-state index contributed by atoms with van der Waals surface area (Å²) in [6, 6.07) is 18.9. The molecule has 0 aliphatic carbocycles. The number of benzene rings is 3. The second kappa shape index (κ2) is 10.7. The maximum Gasteiger partial charge on any atom is 0.274 e. The van der Waals surface area contributed by atoms with Gasteiger partial charge in [0.1, 0.15) is 11.6 Å². The zero-order valence-electron chi connectivity index (χ0n) is 17.8. The molecular weight excluding hydrogens is 425 g/mol. The molecule has 3 aromatic carbocycles. The first-order valence-electron chi connectivity index (χ1n) is 9.93. The Hall–Kier alpha value is -4.51. The van der Waals surface area contributed by atoms with Crippen molar-refractivity contribution in [1.29, 1.82) is 5.26 Å². The monoisotopic (exact) mass is 445 g/mol. The van der Waals surface area contributed by atoms with Gasteiger partial charge < -0.3 is 9.64 Å². The molecule has 8 heteroatoms. The molecule has 0 saturated heterocycles. The van der Waals surface area contributed by atoms with Crippen molar-refractivity contribution in [2.75, 3.05) is 7.11 Å². The number of carbonyl (C=O) groups is 1. The molecule has 0 N–H and O–H groups in total. The van der Waals surface area contributed by atoms with E-state index in [-0.39, 0.29) is 24.3 Å². The highest BCUT2D eigenvalue weighted by molar-refractivity contribution is 5.91. The minimum Gasteiger partial charge on any atom is -0.496 e. The predicted molar refractivity (Wildman–Crippen MR) is 120 cm³/mol. The van der Waals surface area contributed by atoms with E-state index in [0.29, 0.717) is 22.4 Å². The largest absolute Gasteiger partial charge is 0.496 e. The lowest BCUT2D eigenvalue weighted by molar-refractivity contribution is -0.385. The van der Waals surface area contributed by atoms with Gasteiger partial charge in [-0.25, -0.2) is 4.39 Å². The highest BCUT2D eigenvalue weighted by Gasteiger charge is 2.21. The van der Waals surface area contributed by atoms with Gasteiger partial charge >= 0.3 is 0 Å². The Labute approximate surface area is 190 Å². The highest BCUT2D eigenvalue weighted by Crippen LogP contribution is 2.25. The van der Waals surface area contributed by atoms with Crippen LogP contribution in [0.15, 0.2) is 72.8 Å². The molecule has 0 unspecified atom stereocenters. The first kappa shape index (κ1) is 23.2. The van der Waals surface area contributed by atoms with Gasteiger partial charge in [0.2, 0.25) is 5.91 Å². The number of nitro benzene ring substituents is 1. The molecule has 0 saturated carbocycles. The number of carbonyl (C=O) groups excluding carboxylic acids is 1. The van der Waals surface area contributed by atoms with Crippen LogP contribution >= 0.6 is 0 Å². The summed E-state index contributed by atoms with van der Waals surface area (Å²) in [5, 5.41) is 20.3. The fraction of sp³-hybridized carbons (Fsp3) is 0.120. The Morgan fingerprint density at radius 3 is 2.48 bits per heavy atom. The smallest absolute Gasteiger partial charge is 0.274 e. The summed E-state index contributed by atoms with van der Waals surface area (Å²) in [5.41, 5.74) is 1.70. The summed E-state index contributed by atoms with van der Waals surface area (Å²) in [6.45, 7) is -0.0864. The topological polar surface area (TPSA) is 96.5 Å². The minimum atomic E-state index is -0.631. The van der Waals surface area contributed by atoms with Crippen LogP contribution in [-0.2, 0) is 17.9 Å². The van der Waals surface area contributed by atoms with Crippen LogP contribution < -0.4 is 4.74 Å². The Bertz CT molecular complexity index is 1230. The van der Waals surface area contributed by atoms with E-state index in [9.17, 15) is 19.3 Å². The summed E-state index contributed by atoms with van der Waals surface area (Å²) in [6.07, 6.45) is 2.92. The zero-order chi connectivity index (χ0) is 23.8. The molecular formula is C25H20FN3O4. The van der Waals surface area contributed by atoms with Crippen molar-refractivity contribution in [3.05, 3.63) is 111 Å². The number of hydrogen-bond acceptors (Lipinski definition) is 5. The number of ether oxygens (including phenoxy) is 1. The highest BCUT2D eigenvalue weighted by atomic mass is 19.1. The van der Waals surface area contributed by atoms with E-state index >= 15 is 0 Å². The van der Waals surface area contributed by atoms with Crippen molar-refractivity contribution in [1.82, 2.24) is 4.90 Å². The van der Waals surface area contributed by atoms with Crippen LogP contribution in [0.2, 0.25) is 0 Å². The molecule has 0 spiro atoms. The molecule has 0 atom stereocenters. The molecule has 3 rings (SSSR count). The Morgan fingerprint density at radius 2 is 1.82 bits per heavy atom. The zero-order valence-corrected chi connectivity index (χ0v) is 17.8. The van der Waals surface area contributed by atoms with E-state index in [0.717, 1.165) is 18.2 Å². The second-order valence-electron chi connectivity index (χ2n) is 7.10. The number of amides is 1. The summed E-state index contributed by atoms with van der Waals surface area (Å²) in [5.74, 6) is -0.502. The van der Waals surface area contributed by atoms with E-state index in [1.165, 1.54) is 18.1 Å². The predicted octanol–water partition coefficient (Wildman–Crippen LogP) is 4.86. The number of nitrogens with zero attached hydrogens (tertiary/aromatic N) is 3. The third-order valence-electron chi connectivity index (χ3n) is 4.92. The number of rotatable bonds is 8. The first-order chi connectivity index (χ1) is 15.9. The quantitative estimate of drug-likeness (QED) is 0.280. The molecule has 0 radical (unpaired) electrons. The van der Waals surface area contributed by atoms with E-state index in [4.69, 9.17) is 10.00 Å². The summed E-state index contributed by atoms with van der Waals surface area (Å²) in [4.78, 5) is 25.3. The van der Waals surface area contributed by atoms with Gasteiger partial charge in [0.15, 0.2) is 0 Å². The average Bonchev–Trinajstić information content (AvgIpc) is 2.82. The number of nitro groups is 1. The van der Waals surface area contributed by atoms with Crippen molar-refractivity contribution in [3.63, 3.8) is 0 Å². The van der Waals surface area contributed by atoms with Crippen molar-refractivity contribution in [2.45, 2.75) is 13.1 Å². The lowest BCUT2D eigenvalue weighted by atomic mass is 10.1. The van der Waals surface area contributed by atoms with Gasteiger partial charge in [-0.3, -0.25) is 14.9 Å². The molecule has 0 aliphatic rings. The van der Waals surface area contributed by atoms with Gasteiger partial charge in [-0.1, -0.05) is 30.3 Å². The van der Waals surface area contributed by atoms with Gasteiger partial charge in [0.05, 0.1) is 35.8 Å². The summed E-state index contributed by atoms with van der Waals surface area (Å²) < 4.78 is 19.2. The second-order valence-corrected chi connectivity index (χ2v) is 7.10. The number of para-hydroxylation sites is 1. The molecule has 3 aromatic rings. The van der Waals surface area contributed by atoms with Crippen LogP contribution in [0.4, 0.5) is 10.1 Å². The van der Waals surface area contributed by atoms with Gasteiger partial charge in [-0.05, 0) is 42.0 Å². The Kier molecular flexibility index (Phi) is 7.50. The molecule has 0 heterocycles. The summed E-state index contributed by atoms with van der Waals surface area (Å²) in [7, 11) is 1.51. The third-order valence-corrected chi connectivity index (χ3v) is 4.92. The maximum absolute atomic E-state index is 13.9. The van der Waals surface area contributed by atoms with Gasteiger partial charge in [-0.15, -0.1) is 0 Å². The number of nitriles is 1. The molecule has 0 fully saturated rings. The molecule has 0 aromatic heterocycles. The standard InChI is InChI=1S/C25H20FN3O4/c1-33-24-5-3-2-4-20(24)16-28(17-21-14-22(26)11-12-23(21)29(31)32)25(30)13-10-18-6-8-19(15-27)9-7-18/h2-14H,16-17H2,1H3/b13-10+. The normalized spacial score (nSPS) is 10.6. The number of methoxy groups -OCH3 is 1. The van der Waals surface area contributed by atoms with E-state index in [1.54, 1.807) is 54.6 Å².